The van der Waals surface area contributed by atoms with Crippen molar-refractivity contribution in [1.29, 1.82) is 0 Å². The van der Waals surface area contributed by atoms with Crippen LogP contribution >= 0.6 is 0 Å². The highest BCUT2D eigenvalue weighted by molar-refractivity contribution is 5.69. The summed E-state index contributed by atoms with van der Waals surface area (Å²) in [6.07, 6.45) is 8.16. The Balaban J connectivity index is 1.89. The van der Waals surface area contributed by atoms with Crippen molar-refractivity contribution in [3.8, 4) is 11.3 Å². The van der Waals surface area contributed by atoms with Crippen LogP contribution in [0.3, 0.4) is 0 Å². The van der Waals surface area contributed by atoms with E-state index in [1.165, 1.54) is 36.1 Å². The van der Waals surface area contributed by atoms with Gasteiger partial charge in [-0.25, -0.2) is 4.98 Å². The maximum absolute atomic E-state index is 4.35. The first-order chi connectivity index (χ1) is 8.86. The molecule has 1 saturated carbocycles. The highest BCUT2D eigenvalue weighted by atomic mass is 15.1. The zero-order valence-corrected chi connectivity index (χ0v) is 10.7. The van der Waals surface area contributed by atoms with Gasteiger partial charge in [-0.2, -0.15) is 0 Å². The average molecular weight is 238 g/mol. The summed E-state index contributed by atoms with van der Waals surface area (Å²) in [6, 6.07) is 9.37. The Morgan fingerprint density at radius 3 is 2.94 bits per heavy atom. The van der Waals surface area contributed by atoms with E-state index < -0.39 is 0 Å². The molecule has 1 aliphatic carbocycles. The van der Waals surface area contributed by atoms with Gasteiger partial charge in [0, 0.05) is 5.56 Å². The molecular weight excluding hydrogens is 220 g/mol. The number of aromatic nitrogens is 2. The Morgan fingerprint density at radius 2 is 2.11 bits per heavy atom. The molecule has 1 aromatic heterocycles. The molecule has 2 aliphatic rings. The Bertz CT molecular complexity index is 584. The minimum absolute atomic E-state index is 0.524. The molecule has 0 spiro atoms. The summed E-state index contributed by atoms with van der Waals surface area (Å²) in [4.78, 5) is 4.35. The molecule has 2 heteroatoms. The van der Waals surface area contributed by atoms with Crippen LogP contribution in [0.25, 0.3) is 11.3 Å². The summed E-state index contributed by atoms with van der Waals surface area (Å²) < 4.78 is 2.40. The predicted octanol–water partition coefficient (Wildman–Crippen LogP) is 3.89. The van der Waals surface area contributed by atoms with E-state index in [0.717, 1.165) is 11.8 Å². The molecule has 0 N–H and O–H groups in total. The Labute approximate surface area is 108 Å². The molecule has 2 heterocycles. The molecule has 92 valence electrons. The third-order valence-corrected chi connectivity index (χ3v) is 4.85. The molecule has 0 unspecified atom stereocenters. The van der Waals surface area contributed by atoms with Crippen LogP contribution in [-0.4, -0.2) is 9.55 Å². The number of hydrogen-bond donors (Lipinski definition) is 0. The average Bonchev–Trinajstić information content (AvgIpc) is 3.05. The lowest BCUT2D eigenvalue weighted by molar-refractivity contribution is 0.321. The Hall–Kier alpha value is -1.57. The molecule has 0 radical (unpaired) electrons. The summed E-state index contributed by atoms with van der Waals surface area (Å²) in [6.45, 7) is 2.41. The third-order valence-electron chi connectivity index (χ3n) is 4.85. The van der Waals surface area contributed by atoms with E-state index in [-0.39, 0.29) is 0 Å². The maximum atomic E-state index is 4.35. The molecule has 18 heavy (non-hydrogen) atoms. The van der Waals surface area contributed by atoms with E-state index in [9.17, 15) is 0 Å². The lowest BCUT2D eigenvalue weighted by atomic mass is 9.86. The van der Waals surface area contributed by atoms with E-state index in [4.69, 9.17) is 0 Å². The molecule has 2 nitrogen and oxygen atoms in total. The van der Waals surface area contributed by atoms with Crippen molar-refractivity contribution in [2.75, 3.05) is 0 Å². The number of imidazole rings is 1. The second kappa shape index (κ2) is 3.71. The van der Waals surface area contributed by atoms with Crippen LogP contribution in [0.4, 0.5) is 0 Å². The van der Waals surface area contributed by atoms with Gasteiger partial charge in [0.25, 0.3) is 0 Å². The van der Waals surface area contributed by atoms with Crippen LogP contribution in [0.2, 0.25) is 0 Å². The van der Waals surface area contributed by atoms with Crippen LogP contribution < -0.4 is 0 Å². The second-order valence-corrected chi connectivity index (χ2v) is 5.79. The lowest BCUT2D eigenvalue weighted by Gasteiger charge is -2.25. The van der Waals surface area contributed by atoms with Gasteiger partial charge in [0.05, 0.1) is 24.3 Å². The fraction of sp³-hybridized carbons (Fsp3) is 0.438. The first kappa shape index (κ1) is 10.4. The molecule has 0 bridgehead atoms. The number of fused-ring (bicyclic) bond motifs is 3. The van der Waals surface area contributed by atoms with Crippen LogP contribution in [0, 0.1) is 11.8 Å². The van der Waals surface area contributed by atoms with Crippen molar-refractivity contribution in [2.24, 2.45) is 11.8 Å². The van der Waals surface area contributed by atoms with Gasteiger partial charge < -0.3 is 4.57 Å². The molecule has 1 aliphatic heterocycles. The minimum Gasteiger partial charge on any atom is -0.323 e. The monoisotopic (exact) mass is 238 g/mol. The van der Waals surface area contributed by atoms with Crippen molar-refractivity contribution in [3.63, 3.8) is 0 Å². The SMILES string of the molecule is C[C@H]1CCC[C@H]1[C@H]1c2ccccc2-c2cncn21. The van der Waals surface area contributed by atoms with Crippen molar-refractivity contribution >= 4 is 0 Å². The van der Waals surface area contributed by atoms with Crippen LogP contribution in [0.1, 0.15) is 37.8 Å². The van der Waals surface area contributed by atoms with Gasteiger partial charge >= 0.3 is 0 Å². The van der Waals surface area contributed by atoms with Gasteiger partial charge in [-0.05, 0) is 23.8 Å². The Morgan fingerprint density at radius 1 is 1.22 bits per heavy atom. The Kier molecular flexibility index (Phi) is 2.14. The summed E-state index contributed by atoms with van der Waals surface area (Å²) in [5.41, 5.74) is 4.20. The summed E-state index contributed by atoms with van der Waals surface area (Å²) >= 11 is 0. The van der Waals surface area contributed by atoms with Gasteiger partial charge in [0.2, 0.25) is 0 Å². The first-order valence-corrected chi connectivity index (χ1v) is 6.97. The van der Waals surface area contributed by atoms with Crippen LogP contribution in [-0.2, 0) is 0 Å². The summed E-state index contributed by atoms with van der Waals surface area (Å²) in [5, 5.41) is 0. The highest BCUT2D eigenvalue weighted by Gasteiger charge is 2.38. The maximum Gasteiger partial charge on any atom is 0.0956 e. The fourth-order valence-corrected chi connectivity index (χ4v) is 3.95. The molecule has 0 saturated heterocycles. The van der Waals surface area contributed by atoms with E-state index in [0.29, 0.717) is 6.04 Å². The van der Waals surface area contributed by atoms with Crippen molar-refractivity contribution in [3.05, 3.63) is 42.4 Å². The zero-order valence-electron chi connectivity index (χ0n) is 10.7. The predicted molar refractivity (Wildman–Crippen MR) is 72.3 cm³/mol. The second-order valence-electron chi connectivity index (χ2n) is 5.79. The summed E-state index contributed by atoms with van der Waals surface area (Å²) in [5.74, 6) is 1.61. The van der Waals surface area contributed by atoms with Gasteiger partial charge in [-0.1, -0.05) is 44.0 Å². The van der Waals surface area contributed by atoms with E-state index >= 15 is 0 Å². The van der Waals surface area contributed by atoms with Gasteiger partial charge in [0.1, 0.15) is 0 Å². The zero-order chi connectivity index (χ0) is 12.1. The minimum atomic E-state index is 0.524. The van der Waals surface area contributed by atoms with Gasteiger partial charge in [-0.15, -0.1) is 0 Å². The molecule has 4 rings (SSSR count). The lowest BCUT2D eigenvalue weighted by Crippen LogP contribution is -2.19. The fourth-order valence-electron chi connectivity index (χ4n) is 3.95. The molecule has 0 amide bonds. The molecule has 3 atom stereocenters. The van der Waals surface area contributed by atoms with E-state index in [2.05, 4.69) is 40.7 Å². The number of nitrogens with zero attached hydrogens (tertiary/aromatic N) is 2. The van der Waals surface area contributed by atoms with Gasteiger partial charge in [0.15, 0.2) is 0 Å². The third kappa shape index (κ3) is 1.26. The summed E-state index contributed by atoms with van der Waals surface area (Å²) in [7, 11) is 0. The topological polar surface area (TPSA) is 17.8 Å². The molecule has 2 aromatic rings. The van der Waals surface area contributed by atoms with Crippen molar-refractivity contribution in [2.45, 2.75) is 32.2 Å². The van der Waals surface area contributed by atoms with Crippen molar-refractivity contribution in [1.82, 2.24) is 9.55 Å². The first-order valence-electron chi connectivity index (χ1n) is 6.97. The molecule has 1 fully saturated rings. The normalized spacial score (nSPS) is 29.3. The molecular formula is C16H18N2. The van der Waals surface area contributed by atoms with Crippen LogP contribution in [0.5, 0.6) is 0 Å². The smallest absolute Gasteiger partial charge is 0.0956 e. The van der Waals surface area contributed by atoms with E-state index in [1.807, 2.05) is 12.5 Å². The number of benzene rings is 1. The molecule has 1 aromatic carbocycles. The number of hydrogen-bond acceptors (Lipinski definition) is 1. The number of rotatable bonds is 1. The quantitative estimate of drug-likeness (QED) is 0.737. The van der Waals surface area contributed by atoms with Crippen molar-refractivity contribution < 1.29 is 0 Å². The van der Waals surface area contributed by atoms with Gasteiger partial charge in [-0.3, -0.25) is 0 Å². The van der Waals surface area contributed by atoms with Crippen LogP contribution in [0.15, 0.2) is 36.8 Å². The largest absolute Gasteiger partial charge is 0.323 e. The highest BCUT2D eigenvalue weighted by Crippen LogP contribution is 2.49. The standard InChI is InChI=1S/C16H18N2/c1-11-5-4-8-12(11)16-14-7-3-2-6-13(14)15-9-17-10-18(15)16/h2-3,6-7,9-12,16H,4-5,8H2,1H3/t11-,12+,16-/m0/s1. The van der Waals surface area contributed by atoms with E-state index in [1.54, 1.807) is 0 Å².